The van der Waals surface area contributed by atoms with Gasteiger partial charge in [0, 0.05) is 18.4 Å². The van der Waals surface area contributed by atoms with Gasteiger partial charge in [0.15, 0.2) is 0 Å². The standard InChI is InChI=1S/C12H23NO2S/c1-10(11-8-6-7-9-15-11)13(5)16(14)12(2,3)4/h7,9-11H,6,8H2,1-5H3/t10?,11-,16?/m0/s1. The van der Waals surface area contributed by atoms with E-state index in [-0.39, 0.29) is 16.9 Å². The molecule has 0 saturated heterocycles. The first-order chi connectivity index (χ1) is 7.34. The summed E-state index contributed by atoms with van der Waals surface area (Å²) in [6.07, 6.45) is 6.00. The molecule has 2 unspecified atom stereocenters. The van der Waals surface area contributed by atoms with Crippen molar-refractivity contribution in [2.24, 2.45) is 0 Å². The monoisotopic (exact) mass is 245 g/mol. The van der Waals surface area contributed by atoms with Crippen LogP contribution >= 0.6 is 0 Å². The molecule has 3 atom stereocenters. The second-order valence-electron chi connectivity index (χ2n) is 5.27. The molecule has 1 rings (SSSR count). The summed E-state index contributed by atoms with van der Waals surface area (Å²) in [5.74, 6) is 0. The van der Waals surface area contributed by atoms with Crippen molar-refractivity contribution in [2.75, 3.05) is 7.05 Å². The van der Waals surface area contributed by atoms with Crippen LogP contribution in [0.25, 0.3) is 0 Å². The van der Waals surface area contributed by atoms with Gasteiger partial charge in [0.25, 0.3) is 0 Å². The Kier molecular flexibility index (Phi) is 4.71. The Morgan fingerprint density at radius 2 is 2.12 bits per heavy atom. The summed E-state index contributed by atoms with van der Waals surface area (Å²) < 4.78 is 19.5. The Labute approximate surface area is 102 Å². The zero-order valence-corrected chi connectivity index (χ0v) is 11.7. The van der Waals surface area contributed by atoms with Crippen LogP contribution in [0, 0.1) is 0 Å². The molecule has 0 aromatic heterocycles. The average molecular weight is 245 g/mol. The lowest BCUT2D eigenvalue weighted by Crippen LogP contribution is -2.49. The van der Waals surface area contributed by atoms with Gasteiger partial charge in [-0.25, -0.2) is 0 Å². The van der Waals surface area contributed by atoms with Crippen LogP contribution in [0.3, 0.4) is 0 Å². The summed E-state index contributed by atoms with van der Waals surface area (Å²) in [6.45, 7) is 8.06. The van der Waals surface area contributed by atoms with Gasteiger partial charge >= 0.3 is 0 Å². The molecule has 1 heterocycles. The molecular weight excluding hydrogens is 222 g/mol. The predicted molar refractivity (Wildman–Crippen MR) is 68.4 cm³/mol. The molecule has 0 aromatic carbocycles. The van der Waals surface area contributed by atoms with Gasteiger partial charge in [-0.2, -0.15) is 0 Å². The van der Waals surface area contributed by atoms with Gasteiger partial charge in [-0.1, -0.05) is 0 Å². The normalized spacial score (nSPS) is 25.3. The third-order valence-electron chi connectivity index (χ3n) is 2.86. The number of hydrogen-bond acceptors (Lipinski definition) is 3. The van der Waals surface area contributed by atoms with Gasteiger partial charge in [-0.15, -0.1) is 4.31 Å². The molecule has 16 heavy (non-hydrogen) atoms. The van der Waals surface area contributed by atoms with Crippen molar-refractivity contribution in [3.63, 3.8) is 0 Å². The molecule has 0 aliphatic carbocycles. The highest BCUT2D eigenvalue weighted by Gasteiger charge is 2.36. The molecule has 0 spiro atoms. The maximum Gasteiger partial charge on any atom is 0.137 e. The van der Waals surface area contributed by atoms with Crippen LogP contribution < -0.4 is 0 Å². The largest absolute Gasteiger partial charge is 0.597 e. The van der Waals surface area contributed by atoms with Crippen LogP contribution in [0.15, 0.2) is 12.3 Å². The number of nitrogens with zero attached hydrogens (tertiary/aromatic N) is 1. The third kappa shape index (κ3) is 3.40. The molecule has 1 aliphatic heterocycles. The summed E-state index contributed by atoms with van der Waals surface area (Å²) >= 11 is -0.985. The van der Waals surface area contributed by atoms with E-state index in [2.05, 4.69) is 6.92 Å². The molecule has 4 heteroatoms. The quantitative estimate of drug-likeness (QED) is 0.717. The minimum absolute atomic E-state index is 0.154. The number of ether oxygens (including phenoxy) is 1. The van der Waals surface area contributed by atoms with Crippen molar-refractivity contribution in [3.8, 4) is 0 Å². The van der Waals surface area contributed by atoms with E-state index in [0.717, 1.165) is 12.8 Å². The summed E-state index contributed by atoms with van der Waals surface area (Å²) in [5.41, 5.74) is 0. The van der Waals surface area contributed by atoms with E-state index in [0.29, 0.717) is 0 Å². The van der Waals surface area contributed by atoms with Gasteiger partial charge < -0.3 is 9.29 Å². The van der Waals surface area contributed by atoms with E-state index in [1.807, 2.05) is 38.2 Å². The predicted octanol–water partition coefficient (Wildman–Crippen LogP) is 2.46. The highest BCUT2D eigenvalue weighted by atomic mass is 32.2. The SMILES string of the molecule is CC([C@@H]1CCC=CO1)N(C)[S+]([O-])C(C)(C)C. The Hall–Kier alpha value is -0.190. The first kappa shape index (κ1) is 13.9. The molecule has 0 bridgehead atoms. The summed E-state index contributed by atoms with van der Waals surface area (Å²) in [6, 6.07) is 0.171. The Bertz CT molecular complexity index is 250. The van der Waals surface area contributed by atoms with E-state index in [1.54, 1.807) is 6.26 Å². The fourth-order valence-electron chi connectivity index (χ4n) is 1.73. The Morgan fingerprint density at radius 1 is 1.50 bits per heavy atom. The first-order valence-corrected chi connectivity index (χ1v) is 6.90. The van der Waals surface area contributed by atoms with Crippen LogP contribution in [-0.2, 0) is 16.1 Å². The molecule has 0 saturated carbocycles. The third-order valence-corrected chi connectivity index (χ3v) is 4.77. The highest BCUT2D eigenvalue weighted by molar-refractivity contribution is 7.90. The maximum absolute atomic E-state index is 12.2. The van der Waals surface area contributed by atoms with Gasteiger partial charge in [-0.05, 0) is 46.6 Å². The van der Waals surface area contributed by atoms with Crippen LogP contribution in [0.4, 0.5) is 0 Å². The smallest absolute Gasteiger partial charge is 0.137 e. The number of rotatable bonds is 3. The molecule has 0 radical (unpaired) electrons. The second-order valence-corrected chi connectivity index (χ2v) is 7.57. The highest BCUT2D eigenvalue weighted by Crippen LogP contribution is 2.25. The van der Waals surface area contributed by atoms with Gasteiger partial charge in [-0.3, -0.25) is 0 Å². The lowest BCUT2D eigenvalue weighted by molar-refractivity contribution is 0.0699. The zero-order valence-electron chi connectivity index (χ0n) is 10.9. The van der Waals surface area contributed by atoms with Crippen molar-refractivity contribution < 1.29 is 9.29 Å². The number of likely N-dealkylation sites (N-methyl/N-ethyl adjacent to an activating group) is 1. The van der Waals surface area contributed by atoms with Crippen molar-refractivity contribution in [3.05, 3.63) is 12.3 Å². The molecule has 0 aromatic rings. The molecule has 94 valence electrons. The topological polar surface area (TPSA) is 35.5 Å². The molecule has 0 N–H and O–H groups in total. The van der Waals surface area contributed by atoms with E-state index in [4.69, 9.17) is 4.74 Å². The van der Waals surface area contributed by atoms with Crippen LogP contribution in [0.5, 0.6) is 0 Å². The van der Waals surface area contributed by atoms with E-state index in [9.17, 15) is 4.55 Å². The lowest BCUT2D eigenvalue weighted by Gasteiger charge is -2.36. The van der Waals surface area contributed by atoms with Gasteiger partial charge in [0.2, 0.25) is 0 Å². The van der Waals surface area contributed by atoms with Crippen molar-refractivity contribution in [1.29, 1.82) is 0 Å². The molecule has 3 nitrogen and oxygen atoms in total. The van der Waals surface area contributed by atoms with Crippen LogP contribution in [-0.4, -0.2) is 32.8 Å². The molecular formula is C12H23NO2S. The molecule has 0 fully saturated rings. The fraction of sp³-hybridized carbons (Fsp3) is 0.833. The van der Waals surface area contributed by atoms with Gasteiger partial charge in [0.05, 0.1) is 12.3 Å². The molecule has 0 amide bonds. The van der Waals surface area contributed by atoms with Crippen molar-refractivity contribution >= 4 is 11.4 Å². The van der Waals surface area contributed by atoms with Crippen molar-refractivity contribution in [1.82, 2.24) is 4.31 Å². The Morgan fingerprint density at radius 3 is 2.56 bits per heavy atom. The number of allylic oxidation sites excluding steroid dienone is 1. The fourth-order valence-corrected chi connectivity index (χ4v) is 3.03. The van der Waals surface area contributed by atoms with Gasteiger partial charge in [0.1, 0.15) is 10.9 Å². The lowest BCUT2D eigenvalue weighted by atomic mass is 10.1. The first-order valence-electron chi connectivity index (χ1n) is 5.79. The van der Waals surface area contributed by atoms with E-state index >= 15 is 0 Å². The number of hydrogen-bond donors (Lipinski definition) is 0. The summed E-state index contributed by atoms with van der Waals surface area (Å²) in [7, 11) is 1.91. The Balaban J connectivity index is 2.59. The average Bonchev–Trinajstić information content (AvgIpc) is 2.26. The second kappa shape index (κ2) is 5.43. The van der Waals surface area contributed by atoms with E-state index in [1.165, 1.54) is 0 Å². The maximum atomic E-state index is 12.2. The minimum Gasteiger partial charge on any atom is -0.597 e. The molecule has 1 aliphatic rings. The summed E-state index contributed by atoms with van der Waals surface area (Å²) in [5, 5.41) is 0. The van der Waals surface area contributed by atoms with Crippen LogP contribution in [0.2, 0.25) is 0 Å². The minimum atomic E-state index is -0.985. The van der Waals surface area contributed by atoms with E-state index < -0.39 is 11.4 Å². The van der Waals surface area contributed by atoms with Crippen LogP contribution in [0.1, 0.15) is 40.5 Å². The summed E-state index contributed by atoms with van der Waals surface area (Å²) in [4.78, 5) is 0. The zero-order chi connectivity index (χ0) is 12.3. The van der Waals surface area contributed by atoms with Crippen molar-refractivity contribution in [2.45, 2.75) is 57.4 Å².